The number of primary amides is 1. The number of nitrogens with two attached hydrogens (primary N) is 1. The molecule has 0 aliphatic heterocycles. The van der Waals surface area contributed by atoms with Crippen molar-refractivity contribution >= 4 is 17.7 Å². The minimum absolute atomic E-state index is 0.0565. The Kier molecular flexibility index (Phi) is 5.89. The summed E-state index contributed by atoms with van der Waals surface area (Å²) in [6, 6.07) is 4.33. The Labute approximate surface area is 170 Å². The van der Waals surface area contributed by atoms with Crippen molar-refractivity contribution in [3.8, 4) is 0 Å². The summed E-state index contributed by atoms with van der Waals surface area (Å²) in [6.07, 6.45) is 10.1. The first-order chi connectivity index (χ1) is 14.1. The zero-order valence-electron chi connectivity index (χ0n) is 16.5. The van der Waals surface area contributed by atoms with Crippen LogP contribution >= 0.6 is 0 Å². The molecule has 5 N–H and O–H groups in total. The first-order valence-corrected chi connectivity index (χ1v) is 10.4. The third-order valence-corrected chi connectivity index (χ3v) is 5.81. The monoisotopic (exact) mass is 396 g/mol. The van der Waals surface area contributed by atoms with Crippen molar-refractivity contribution in [3.63, 3.8) is 0 Å². The lowest BCUT2D eigenvalue weighted by molar-refractivity contribution is 0.100. The Balaban J connectivity index is 1.50. The van der Waals surface area contributed by atoms with Gasteiger partial charge in [0.1, 0.15) is 5.82 Å². The number of hydrogen-bond acceptors (Lipinski definition) is 7. The molecule has 2 aliphatic rings. The molecule has 1 saturated carbocycles. The summed E-state index contributed by atoms with van der Waals surface area (Å²) in [4.78, 5) is 25.2. The SMILES string of the molecule is NC(=O)c1cnc(N[C@H]2CCc3ncccc3C2)nc1N[C@@H]1CCCC[C@H](O)C1. The van der Waals surface area contributed by atoms with Crippen LogP contribution in [0.3, 0.4) is 0 Å². The number of nitrogens with zero attached hydrogens (tertiary/aromatic N) is 3. The van der Waals surface area contributed by atoms with Crippen LogP contribution in [0.1, 0.15) is 60.1 Å². The van der Waals surface area contributed by atoms with Crippen molar-refractivity contribution in [2.24, 2.45) is 5.73 Å². The van der Waals surface area contributed by atoms with Crippen LogP contribution in [0.15, 0.2) is 24.5 Å². The first kappa shape index (κ1) is 19.6. The number of nitrogens with one attached hydrogen (secondary N) is 2. The second kappa shape index (κ2) is 8.73. The van der Waals surface area contributed by atoms with Crippen LogP contribution in [0.4, 0.5) is 11.8 Å². The van der Waals surface area contributed by atoms with Crippen molar-refractivity contribution in [2.45, 2.75) is 69.6 Å². The van der Waals surface area contributed by atoms with Gasteiger partial charge in [-0.05, 0) is 50.2 Å². The van der Waals surface area contributed by atoms with Crippen molar-refractivity contribution in [1.29, 1.82) is 0 Å². The van der Waals surface area contributed by atoms with Crippen LogP contribution < -0.4 is 16.4 Å². The third kappa shape index (κ3) is 4.82. The smallest absolute Gasteiger partial charge is 0.254 e. The number of fused-ring (bicyclic) bond motifs is 1. The Morgan fingerprint density at radius 1 is 1.14 bits per heavy atom. The number of carbonyl (C=O) groups is 1. The van der Waals surface area contributed by atoms with Gasteiger partial charge in [-0.15, -0.1) is 0 Å². The lowest BCUT2D eigenvalue weighted by Crippen LogP contribution is -2.30. The van der Waals surface area contributed by atoms with Crippen molar-refractivity contribution in [1.82, 2.24) is 15.0 Å². The molecule has 8 nitrogen and oxygen atoms in total. The highest BCUT2D eigenvalue weighted by Crippen LogP contribution is 2.25. The highest BCUT2D eigenvalue weighted by atomic mass is 16.3. The minimum Gasteiger partial charge on any atom is -0.393 e. The summed E-state index contributed by atoms with van der Waals surface area (Å²) < 4.78 is 0. The van der Waals surface area contributed by atoms with Gasteiger partial charge in [0, 0.05) is 30.2 Å². The molecule has 0 radical (unpaired) electrons. The summed E-state index contributed by atoms with van der Waals surface area (Å²) in [5.41, 5.74) is 8.20. The van der Waals surface area contributed by atoms with Crippen LogP contribution in [-0.2, 0) is 12.8 Å². The van der Waals surface area contributed by atoms with E-state index in [1.807, 2.05) is 12.3 Å². The molecule has 2 aromatic rings. The number of rotatable bonds is 5. The summed E-state index contributed by atoms with van der Waals surface area (Å²) in [5, 5.41) is 16.8. The zero-order valence-corrected chi connectivity index (χ0v) is 16.5. The first-order valence-electron chi connectivity index (χ1n) is 10.4. The molecule has 2 aliphatic carbocycles. The van der Waals surface area contributed by atoms with Gasteiger partial charge in [0.2, 0.25) is 5.95 Å². The summed E-state index contributed by atoms with van der Waals surface area (Å²) >= 11 is 0. The Morgan fingerprint density at radius 3 is 2.86 bits per heavy atom. The molecule has 8 heteroatoms. The van der Waals surface area contributed by atoms with Crippen LogP contribution in [0.2, 0.25) is 0 Å². The number of carbonyl (C=O) groups excluding carboxylic acids is 1. The highest BCUT2D eigenvalue weighted by Gasteiger charge is 2.23. The van der Waals surface area contributed by atoms with E-state index >= 15 is 0 Å². The van der Waals surface area contributed by atoms with Gasteiger partial charge in [0.05, 0.1) is 11.7 Å². The van der Waals surface area contributed by atoms with Crippen molar-refractivity contribution < 1.29 is 9.90 Å². The maximum atomic E-state index is 11.9. The molecule has 2 heterocycles. The van der Waals surface area contributed by atoms with Crippen LogP contribution in [-0.4, -0.2) is 44.2 Å². The van der Waals surface area contributed by atoms with E-state index in [9.17, 15) is 9.90 Å². The highest BCUT2D eigenvalue weighted by molar-refractivity contribution is 5.97. The molecule has 29 heavy (non-hydrogen) atoms. The molecule has 2 aromatic heterocycles. The van der Waals surface area contributed by atoms with E-state index in [0.717, 1.165) is 50.6 Å². The van der Waals surface area contributed by atoms with Crippen molar-refractivity contribution in [2.75, 3.05) is 10.6 Å². The lowest BCUT2D eigenvalue weighted by Gasteiger charge is -2.25. The van der Waals surface area contributed by atoms with Crippen molar-refractivity contribution in [3.05, 3.63) is 41.3 Å². The normalized spacial score (nSPS) is 24.2. The number of aliphatic hydroxyl groups excluding tert-OH is 1. The minimum atomic E-state index is -0.564. The predicted octanol–water partition coefficient (Wildman–Crippen LogP) is 2.05. The number of aryl methyl sites for hydroxylation is 1. The maximum Gasteiger partial charge on any atom is 0.254 e. The van der Waals surface area contributed by atoms with Gasteiger partial charge in [-0.3, -0.25) is 9.78 Å². The molecular formula is C21H28N6O2. The fourth-order valence-corrected chi connectivity index (χ4v) is 4.27. The number of anilines is 2. The van der Waals surface area contributed by atoms with Crippen LogP contribution in [0.5, 0.6) is 0 Å². The van der Waals surface area contributed by atoms with E-state index < -0.39 is 5.91 Å². The largest absolute Gasteiger partial charge is 0.393 e. The quantitative estimate of drug-likeness (QED) is 0.570. The Morgan fingerprint density at radius 2 is 2.00 bits per heavy atom. The van der Waals surface area contributed by atoms with Gasteiger partial charge < -0.3 is 21.5 Å². The fraction of sp³-hybridized carbons (Fsp3) is 0.524. The fourth-order valence-electron chi connectivity index (χ4n) is 4.27. The van der Waals surface area contributed by atoms with E-state index in [4.69, 9.17) is 5.73 Å². The molecule has 0 spiro atoms. The molecule has 0 unspecified atom stereocenters. The molecule has 0 saturated heterocycles. The number of aliphatic hydroxyl groups is 1. The van der Waals surface area contributed by atoms with Crippen LogP contribution in [0.25, 0.3) is 0 Å². The molecule has 1 fully saturated rings. The van der Waals surface area contributed by atoms with Gasteiger partial charge >= 0.3 is 0 Å². The van der Waals surface area contributed by atoms with Gasteiger partial charge in [-0.1, -0.05) is 18.9 Å². The predicted molar refractivity (Wildman–Crippen MR) is 111 cm³/mol. The van der Waals surface area contributed by atoms with E-state index in [-0.39, 0.29) is 23.8 Å². The van der Waals surface area contributed by atoms with E-state index in [1.54, 1.807) is 0 Å². The number of pyridine rings is 1. The van der Waals surface area contributed by atoms with Gasteiger partial charge in [0.25, 0.3) is 5.91 Å². The van der Waals surface area contributed by atoms with E-state index in [0.29, 0.717) is 18.2 Å². The van der Waals surface area contributed by atoms with Gasteiger partial charge in [-0.25, -0.2) is 4.98 Å². The summed E-state index contributed by atoms with van der Waals surface area (Å²) in [6.45, 7) is 0. The molecule has 0 aromatic carbocycles. The zero-order chi connectivity index (χ0) is 20.2. The van der Waals surface area contributed by atoms with Crippen LogP contribution in [0, 0.1) is 0 Å². The second-order valence-corrected chi connectivity index (χ2v) is 8.03. The number of aromatic nitrogens is 3. The maximum absolute atomic E-state index is 11.9. The molecule has 1 amide bonds. The standard InChI is InChI=1S/C21H28N6O2/c22-19(29)17-12-24-21(26-15-7-8-18-13(10-15)4-3-9-23-18)27-20(17)25-14-5-1-2-6-16(28)11-14/h3-4,9,12,14-16,28H,1-2,5-8,10-11H2,(H2,22,29)(H2,24,25,26,27)/t14-,15+,16+/m1/s1. The second-order valence-electron chi connectivity index (χ2n) is 8.03. The number of amides is 1. The molecule has 0 bridgehead atoms. The van der Waals surface area contributed by atoms with Gasteiger partial charge in [-0.2, -0.15) is 4.98 Å². The molecule has 154 valence electrons. The molecule has 4 rings (SSSR count). The lowest BCUT2D eigenvalue weighted by atomic mass is 9.92. The Bertz CT molecular complexity index is 874. The molecule has 3 atom stereocenters. The van der Waals surface area contributed by atoms with E-state index in [2.05, 4.69) is 31.7 Å². The Hall–Kier alpha value is -2.74. The average Bonchev–Trinajstić information content (AvgIpc) is 2.91. The topological polar surface area (TPSA) is 126 Å². The average molecular weight is 396 g/mol. The van der Waals surface area contributed by atoms with E-state index in [1.165, 1.54) is 11.8 Å². The third-order valence-electron chi connectivity index (χ3n) is 5.81. The summed E-state index contributed by atoms with van der Waals surface area (Å²) in [7, 11) is 0. The summed E-state index contributed by atoms with van der Waals surface area (Å²) in [5.74, 6) is 0.349. The molecular weight excluding hydrogens is 368 g/mol. The van der Waals surface area contributed by atoms with Gasteiger partial charge in [0.15, 0.2) is 0 Å². The number of hydrogen-bond donors (Lipinski definition) is 4.